The summed E-state index contributed by atoms with van der Waals surface area (Å²) in [5, 5.41) is 0.569. The largest absolute Gasteiger partial charge is 0.298 e. The van der Waals surface area contributed by atoms with Gasteiger partial charge >= 0.3 is 0 Å². The lowest BCUT2D eigenvalue weighted by Crippen LogP contribution is -1.80. The Labute approximate surface area is 58.3 Å². The van der Waals surface area contributed by atoms with Crippen molar-refractivity contribution in [3.05, 3.63) is 23.9 Å². The first-order chi connectivity index (χ1) is 4.33. The molecule has 46 valence electrons. The van der Waals surface area contributed by atoms with Crippen molar-refractivity contribution in [1.82, 2.24) is 4.98 Å². The van der Waals surface area contributed by atoms with Crippen LogP contribution in [0.2, 0.25) is 0 Å². The van der Waals surface area contributed by atoms with Crippen molar-refractivity contribution in [2.75, 3.05) is 0 Å². The van der Waals surface area contributed by atoms with Gasteiger partial charge < -0.3 is 0 Å². The van der Waals surface area contributed by atoms with Crippen LogP contribution in [-0.2, 0) is 0 Å². The standard InChI is InChI=1S/C6H5NOS/c8-4-5-1-2-7-6(9)3-5/h1-4H,(H,7,9). The van der Waals surface area contributed by atoms with Gasteiger partial charge in [-0.05, 0) is 12.1 Å². The molecule has 0 spiro atoms. The number of hydrogen-bond acceptors (Lipinski definition) is 3. The van der Waals surface area contributed by atoms with Crippen molar-refractivity contribution in [3.8, 4) is 0 Å². The van der Waals surface area contributed by atoms with Crippen molar-refractivity contribution < 1.29 is 4.79 Å². The third-order valence-electron chi connectivity index (χ3n) is 0.906. The molecule has 1 rings (SSSR count). The molecular weight excluding hydrogens is 134 g/mol. The van der Waals surface area contributed by atoms with E-state index in [0.29, 0.717) is 10.6 Å². The normalized spacial score (nSPS) is 9.00. The molecule has 1 aromatic heterocycles. The maximum absolute atomic E-state index is 10.1. The molecule has 0 N–H and O–H groups in total. The summed E-state index contributed by atoms with van der Waals surface area (Å²) in [4.78, 5) is 13.9. The molecule has 0 atom stereocenters. The van der Waals surface area contributed by atoms with Gasteiger partial charge in [-0.25, -0.2) is 0 Å². The van der Waals surface area contributed by atoms with Crippen LogP contribution in [0.5, 0.6) is 0 Å². The third kappa shape index (κ3) is 1.54. The van der Waals surface area contributed by atoms with E-state index in [1.54, 1.807) is 18.3 Å². The van der Waals surface area contributed by atoms with Crippen LogP contribution in [0.15, 0.2) is 23.4 Å². The molecule has 0 saturated heterocycles. The Morgan fingerprint density at radius 3 is 2.89 bits per heavy atom. The number of pyridine rings is 1. The fourth-order valence-electron chi connectivity index (χ4n) is 0.507. The molecule has 0 amide bonds. The molecule has 1 aromatic rings. The Morgan fingerprint density at radius 1 is 1.67 bits per heavy atom. The Balaban J connectivity index is 3.07. The van der Waals surface area contributed by atoms with E-state index in [9.17, 15) is 4.79 Å². The van der Waals surface area contributed by atoms with E-state index in [2.05, 4.69) is 17.6 Å². The van der Waals surface area contributed by atoms with Gasteiger partial charge in [-0.1, -0.05) is 0 Å². The van der Waals surface area contributed by atoms with E-state index >= 15 is 0 Å². The van der Waals surface area contributed by atoms with Crippen LogP contribution in [0, 0.1) is 0 Å². The smallest absolute Gasteiger partial charge is 0.150 e. The van der Waals surface area contributed by atoms with E-state index in [4.69, 9.17) is 0 Å². The van der Waals surface area contributed by atoms with Crippen LogP contribution in [0.1, 0.15) is 10.4 Å². The van der Waals surface area contributed by atoms with Crippen molar-refractivity contribution in [3.63, 3.8) is 0 Å². The minimum absolute atomic E-state index is 0.569. The predicted octanol–water partition coefficient (Wildman–Crippen LogP) is 1.18. The highest BCUT2D eigenvalue weighted by molar-refractivity contribution is 7.80. The molecule has 0 saturated carbocycles. The Bertz CT molecular complexity index is 224. The summed E-state index contributed by atoms with van der Waals surface area (Å²) in [6.45, 7) is 0. The quantitative estimate of drug-likeness (QED) is 0.467. The topological polar surface area (TPSA) is 30.0 Å². The monoisotopic (exact) mass is 139 g/mol. The molecule has 0 fully saturated rings. The maximum Gasteiger partial charge on any atom is 0.150 e. The zero-order valence-corrected chi connectivity index (χ0v) is 5.51. The van der Waals surface area contributed by atoms with Crippen molar-refractivity contribution in [2.24, 2.45) is 0 Å². The predicted molar refractivity (Wildman–Crippen MR) is 36.9 cm³/mol. The number of hydrogen-bond donors (Lipinski definition) is 1. The second-order valence-electron chi connectivity index (χ2n) is 1.57. The summed E-state index contributed by atoms with van der Waals surface area (Å²) in [5.74, 6) is 0. The van der Waals surface area contributed by atoms with Crippen molar-refractivity contribution in [1.29, 1.82) is 0 Å². The van der Waals surface area contributed by atoms with Gasteiger partial charge in [0.05, 0.1) is 5.03 Å². The Kier molecular flexibility index (Phi) is 1.85. The molecular formula is C6H5NOS. The van der Waals surface area contributed by atoms with E-state index < -0.39 is 0 Å². The van der Waals surface area contributed by atoms with Gasteiger partial charge in [0.25, 0.3) is 0 Å². The highest BCUT2D eigenvalue weighted by atomic mass is 32.1. The minimum Gasteiger partial charge on any atom is -0.298 e. The molecule has 2 nitrogen and oxygen atoms in total. The average molecular weight is 139 g/mol. The molecule has 3 heteroatoms. The van der Waals surface area contributed by atoms with Gasteiger partial charge in [0, 0.05) is 11.8 Å². The third-order valence-corrected chi connectivity index (χ3v) is 1.15. The van der Waals surface area contributed by atoms with Gasteiger partial charge in [0.15, 0.2) is 0 Å². The van der Waals surface area contributed by atoms with Gasteiger partial charge in [-0.2, -0.15) is 0 Å². The van der Waals surface area contributed by atoms with Gasteiger partial charge in [-0.15, -0.1) is 12.6 Å². The second-order valence-corrected chi connectivity index (χ2v) is 2.02. The number of carbonyl (C=O) groups excluding carboxylic acids is 1. The molecule has 9 heavy (non-hydrogen) atoms. The Hall–Kier alpha value is -0.830. The first kappa shape index (κ1) is 6.29. The summed E-state index contributed by atoms with van der Waals surface area (Å²) >= 11 is 3.94. The van der Waals surface area contributed by atoms with E-state index in [-0.39, 0.29) is 0 Å². The van der Waals surface area contributed by atoms with Crippen LogP contribution < -0.4 is 0 Å². The molecule has 0 unspecified atom stereocenters. The lowest BCUT2D eigenvalue weighted by atomic mass is 10.3. The summed E-state index contributed by atoms with van der Waals surface area (Å²) in [6.07, 6.45) is 2.31. The first-order valence-electron chi connectivity index (χ1n) is 2.43. The minimum atomic E-state index is 0.569. The molecule has 0 radical (unpaired) electrons. The van der Waals surface area contributed by atoms with Crippen LogP contribution in [0.4, 0.5) is 0 Å². The highest BCUT2D eigenvalue weighted by Crippen LogP contribution is 2.01. The summed E-state index contributed by atoms with van der Waals surface area (Å²) in [6, 6.07) is 3.24. The number of aldehydes is 1. The molecule has 0 bridgehead atoms. The molecule has 0 aliphatic carbocycles. The van der Waals surface area contributed by atoms with Crippen LogP contribution >= 0.6 is 12.6 Å². The van der Waals surface area contributed by atoms with Gasteiger partial charge in [0.1, 0.15) is 6.29 Å². The number of carbonyl (C=O) groups is 1. The average Bonchev–Trinajstić information content (AvgIpc) is 1.88. The number of thiol groups is 1. The number of rotatable bonds is 1. The first-order valence-corrected chi connectivity index (χ1v) is 2.88. The fraction of sp³-hybridized carbons (Fsp3) is 0. The van der Waals surface area contributed by atoms with Gasteiger partial charge in [-0.3, -0.25) is 9.78 Å². The zero-order chi connectivity index (χ0) is 6.69. The fourth-order valence-corrected chi connectivity index (χ4v) is 0.723. The molecule has 0 aliphatic rings. The lowest BCUT2D eigenvalue weighted by Gasteiger charge is -1.88. The van der Waals surface area contributed by atoms with Crippen LogP contribution in [0.25, 0.3) is 0 Å². The highest BCUT2D eigenvalue weighted by Gasteiger charge is 1.88. The van der Waals surface area contributed by atoms with Crippen molar-refractivity contribution in [2.45, 2.75) is 5.03 Å². The Morgan fingerprint density at radius 2 is 2.44 bits per heavy atom. The van der Waals surface area contributed by atoms with Crippen LogP contribution in [0.3, 0.4) is 0 Å². The van der Waals surface area contributed by atoms with Gasteiger partial charge in [0.2, 0.25) is 0 Å². The summed E-state index contributed by atoms with van der Waals surface area (Å²) in [7, 11) is 0. The van der Waals surface area contributed by atoms with Crippen molar-refractivity contribution >= 4 is 18.9 Å². The number of aromatic nitrogens is 1. The molecule has 0 aromatic carbocycles. The SMILES string of the molecule is O=Cc1ccnc(S)c1. The second kappa shape index (κ2) is 2.64. The molecule has 1 heterocycles. The van der Waals surface area contributed by atoms with E-state index in [1.807, 2.05) is 0 Å². The lowest BCUT2D eigenvalue weighted by molar-refractivity contribution is 0.112. The zero-order valence-electron chi connectivity index (χ0n) is 4.61. The van der Waals surface area contributed by atoms with Crippen LogP contribution in [-0.4, -0.2) is 11.3 Å². The van der Waals surface area contributed by atoms with E-state index in [0.717, 1.165) is 6.29 Å². The molecule has 0 aliphatic heterocycles. The summed E-state index contributed by atoms with van der Waals surface area (Å²) in [5.41, 5.74) is 0.606. The maximum atomic E-state index is 10.1. The summed E-state index contributed by atoms with van der Waals surface area (Å²) < 4.78 is 0. The number of nitrogens with zero attached hydrogens (tertiary/aromatic N) is 1. The van der Waals surface area contributed by atoms with E-state index in [1.165, 1.54) is 0 Å².